The molecule has 4 heteroatoms. The smallest absolute Gasteiger partial charge is 0.219 e. The predicted molar refractivity (Wildman–Crippen MR) is 75.4 cm³/mol. The molecular formula is C15H23ClN2O. The van der Waals surface area contributed by atoms with Crippen LogP contribution in [0.3, 0.4) is 0 Å². The molecule has 0 bridgehead atoms. The number of aryl methyl sites for hydroxylation is 1. The van der Waals surface area contributed by atoms with E-state index in [1.165, 1.54) is 44.9 Å². The number of aromatic nitrogens is 2. The third-order valence-corrected chi connectivity index (χ3v) is 5.16. The van der Waals surface area contributed by atoms with Crippen LogP contribution in [-0.2, 0) is 6.42 Å². The molecule has 19 heavy (non-hydrogen) atoms. The maximum atomic E-state index is 5.82. The van der Waals surface area contributed by atoms with E-state index in [1.807, 2.05) is 0 Å². The highest BCUT2D eigenvalue weighted by molar-refractivity contribution is 6.17. The molecule has 0 saturated heterocycles. The lowest BCUT2D eigenvalue weighted by atomic mass is 9.67. The van der Waals surface area contributed by atoms with E-state index < -0.39 is 0 Å². The second kappa shape index (κ2) is 6.25. The van der Waals surface area contributed by atoms with Gasteiger partial charge in [-0.2, -0.15) is 0 Å². The molecule has 3 unspecified atom stereocenters. The summed E-state index contributed by atoms with van der Waals surface area (Å²) in [6.45, 7) is 0. The van der Waals surface area contributed by atoms with Crippen LogP contribution in [0.1, 0.15) is 69.1 Å². The Bertz CT molecular complexity index is 407. The molecule has 2 aliphatic rings. The van der Waals surface area contributed by atoms with Gasteiger partial charge in [0.05, 0.1) is 0 Å². The minimum Gasteiger partial charge on any atom is -0.425 e. The summed E-state index contributed by atoms with van der Waals surface area (Å²) in [6.07, 6.45) is 11.3. The summed E-state index contributed by atoms with van der Waals surface area (Å²) in [4.78, 5) is 0. The first-order valence-electron chi connectivity index (χ1n) is 7.75. The highest BCUT2D eigenvalue weighted by Gasteiger charge is 2.34. The van der Waals surface area contributed by atoms with E-state index in [4.69, 9.17) is 16.0 Å². The Morgan fingerprint density at radius 2 is 1.89 bits per heavy atom. The van der Waals surface area contributed by atoms with E-state index in [1.54, 1.807) is 0 Å². The van der Waals surface area contributed by atoms with E-state index in [-0.39, 0.29) is 0 Å². The maximum Gasteiger partial charge on any atom is 0.219 e. The summed E-state index contributed by atoms with van der Waals surface area (Å²) in [5, 5.41) is 8.43. The molecule has 2 aliphatic carbocycles. The van der Waals surface area contributed by atoms with Crippen LogP contribution in [0.5, 0.6) is 0 Å². The van der Waals surface area contributed by atoms with Crippen molar-refractivity contribution in [3.63, 3.8) is 0 Å². The number of nitrogens with zero attached hydrogens (tertiary/aromatic N) is 2. The fraction of sp³-hybridized carbons (Fsp3) is 0.867. The van der Waals surface area contributed by atoms with Crippen LogP contribution in [0.15, 0.2) is 4.42 Å². The second-order valence-corrected chi connectivity index (χ2v) is 6.52. The highest BCUT2D eigenvalue weighted by Crippen LogP contribution is 2.45. The third-order valence-electron chi connectivity index (χ3n) is 4.90. The lowest BCUT2D eigenvalue weighted by Crippen LogP contribution is -2.26. The second-order valence-electron chi connectivity index (χ2n) is 6.14. The molecule has 0 radical (unpaired) electrons. The van der Waals surface area contributed by atoms with Gasteiger partial charge in [-0.1, -0.05) is 25.7 Å². The zero-order chi connectivity index (χ0) is 13.1. The number of rotatable bonds is 4. The molecule has 2 saturated carbocycles. The average Bonchev–Trinajstić information content (AvgIpc) is 2.93. The lowest BCUT2D eigenvalue weighted by Gasteiger charge is -2.38. The summed E-state index contributed by atoms with van der Waals surface area (Å²) in [7, 11) is 0. The molecule has 1 heterocycles. The van der Waals surface area contributed by atoms with Gasteiger partial charge in [-0.3, -0.25) is 0 Å². The Kier molecular flexibility index (Phi) is 4.42. The largest absolute Gasteiger partial charge is 0.425 e. The zero-order valence-corrected chi connectivity index (χ0v) is 12.2. The number of alkyl halides is 1. The van der Waals surface area contributed by atoms with Crippen LogP contribution in [0, 0.1) is 11.8 Å². The minimum atomic E-state index is 0.511. The Labute approximate surface area is 120 Å². The number of fused-ring (bicyclic) bond motifs is 1. The molecule has 3 nitrogen and oxygen atoms in total. The lowest BCUT2D eigenvalue weighted by molar-refractivity contribution is 0.145. The van der Waals surface area contributed by atoms with Crippen molar-refractivity contribution in [2.24, 2.45) is 11.8 Å². The molecule has 1 aromatic heterocycles. The normalized spacial score (nSPS) is 31.1. The van der Waals surface area contributed by atoms with Gasteiger partial charge in [0.1, 0.15) is 0 Å². The summed E-state index contributed by atoms with van der Waals surface area (Å²) in [6, 6.07) is 0. The van der Waals surface area contributed by atoms with E-state index in [0.29, 0.717) is 11.8 Å². The van der Waals surface area contributed by atoms with Crippen LogP contribution in [0.2, 0.25) is 0 Å². The molecule has 0 spiro atoms. The predicted octanol–water partition coefficient (Wildman–Crippen LogP) is 4.31. The maximum absolute atomic E-state index is 5.82. The summed E-state index contributed by atoms with van der Waals surface area (Å²) in [5.74, 6) is 4.70. The standard InChI is InChI=1S/C15H23ClN2O/c16-9-3-6-14-17-18-15(19-14)13-8-7-11-4-1-2-5-12(11)10-13/h11-13H,1-10H2. The molecule has 0 amide bonds. The Hall–Kier alpha value is -0.570. The van der Waals surface area contributed by atoms with Crippen molar-refractivity contribution in [3.8, 4) is 0 Å². The average molecular weight is 283 g/mol. The minimum absolute atomic E-state index is 0.511. The van der Waals surface area contributed by atoms with Gasteiger partial charge >= 0.3 is 0 Å². The van der Waals surface area contributed by atoms with Crippen LogP contribution in [-0.4, -0.2) is 16.1 Å². The van der Waals surface area contributed by atoms with Crippen LogP contribution in [0.4, 0.5) is 0 Å². The topological polar surface area (TPSA) is 38.9 Å². The number of hydrogen-bond acceptors (Lipinski definition) is 3. The molecular weight excluding hydrogens is 260 g/mol. The van der Waals surface area contributed by atoms with Gasteiger partial charge in [-0.05, 0) is 37.5 Å². The van der Waals surface area contributed by atoms with Crippen molar-refractivity contribution >= 4 is 11.6 Å². The molecule has 1 aromatic rings. The number of hydrogen-bond donors (Lipinski definition) is 0. The fourth-order valence-electron chi connectivity index (χ4n) is 3.85. The molecule has 3 rings (SSSR count). The molecule has 2 fully saturated rings. The van der Waals surface area contributed by atoms with Crippen molar-refractivity contribution < 1.29 is 4.42 Å². The van der Waals surface area contributed by atoms with Crippen molar-refractivity contribution in [2.45, 2.75) is 63.7 Å². The Balaban J connectivity index is 1.61. The van der Waals surface area contributed by atoms with Crippen LogP contribution >= 0.6 is 11.6 Å². The van der Waals surface area contributed by atoms with Gasteiger partial charge in [0.15, 0.2) is 0 Å². The van der Waals surface area contributed by atoms with Crippen LogP contribution < -0.4 is 0 Å². The molecule has 106 valence electrons. The molecule has 0 aromatic carbocycles. The van der Waals surface area contributed by atoms with Gasteiger partial charge < -0.3 is 4.42 Å². The van der Waals surface area contributed by atoms with E-state index in [2.05, 4.69) is 10.2 Å². The third kappa shape index (κ3) is 3.13. The molecule has 0 aliphatic heterocycles. The van der Waals surface area contributed by atoms with Gasteiger partial charge in [0.2, 0.25) is 11.8 Å². The summed E-state index contributed by atoms with van der Waals surface area (Å²) in [5.41, 5.74) is 0. The molecule has 0 N–H and O–H groups in total. The first-order chi connectivity index (χ1) is 9.36. The SMILES string of the molecule is ClCCCc1nnc(C2CCC3CCCCC3C2)o1. The highest BCUT2D eigenvalue weighted by atomic mass is 35.5. The Morgan fingerprint density at radius 1 is 1.05 bits per heavy atom. The summed E-state index contributed by atoms with van der Waals surface area (Å²) >= 11 is 5.69. The van der Waals surface area contributed by atoms with Gasteiger partial charge in [0.25, 0.3) is 0 Å². The first kappa shape index (κ1) is 13.4. The first-order valence-corrected chi connectivity index (χ1v) is 8.28. The van der Waals surface area contributed by atoms with Gasteiger partial charge in [-0.15, -0.1) is 21.8 Å². The monoisotopic (exact) mass is 282 g/mol. The molecule has 3 atom stereocenters. The van der Waals surface area contributed by atoms with Crippen molar-refractivity contribution in [2.75, 3.05) is 5.88 Å². The van der Waals surface area contributed by atoms with E-state index >= 15 is 0 Å². The van der Waals surface area contributed by atoms with Crippen molar-refractivity contribution in [3.05, 3.63) is 11.8 Å². The van der Waals surface area contributed by atoms with Crippen LogP contribution in [0.25, 0.3) is 0 Å². The van der Waals surface area contributed by atoms with E-state index in [9.17, 15) is 0 Å². The van der Waals surface area contributed by atoms with Crippen molar-refractivity contribution in [1.29, 1.82) is 0 Å². The summed E-state index contributed by atoms with van der Waals surface area (Å²) < 4.78 is 5.82. The van der Waals surface area contributed by atoms with E-state index in [0.717, 1.165) is 36.5 Å². The Morgan fingerprint density at radius 3 is 2.74 bits per heavy atom. The van der Waals surface area contributed by atoms with Gasteiger partial charge in [0, 0.05) is 18.2 Å². The van der Waals surface area contributed by atoms with Crippen molar-refractivity contribution in [1.82, 2.24) is 10.2 Å². The quantitative estimate of drug-likeness (QED) is 0.772. The zero-order valence-electron chi connectivity index (χ0n) is 11.5. The fourth-order valence-corrected chi connectivity index (χ4v) is 3.98. The van der Waals surface area contributed by atoms with Gasteiger partial charge in [-0.25, -0.2) is 0 Å². The number of halogens is 1.